The van der Waals surface area contributed by atoms with Gasteiger partial charge >= 0.3 is 0 Å². The molecule has 1 aromatic heterocycles. The number of nitrogens with one attached hydrogen (secondary N) is 2. The van der Waals surface area contributed by atoms with Gasteiger partial charge in [-0.1, -0.05) is 5.16 Å². The van der Waals surface area contributed by atoms with Crippen molar-refractivity contribution >= 4 is 5.91 Å². The summed E-state index contributed by atoms with van der Waals surface area (Å²) in [5.41, 5.74) is -0.0520. The zero-order chi connectivity index (χ0) is 11.3. The van der Waals surface area contributed by atoms with E-state index in [2.05, 4.69) is 15.8 Å². The van der Waals surface area contributed by atoms with Crippen LogP contribution in [-0.2, 0) is 11.3 Å². The summed E-state index contributed by atoms with van der Waals surface area (Å²) in [7, 11) is 0. The van der Waals surface area contributed by atoms with Gasteiger partial charge < -0.3 is 15.2 Å². The summed E-state index contributed by atoms with van der Waals surface area (Å²) in [4.78, 5) is 11.3. The number of hydrogen-bond acceptors (Lipinski definition) is 4. The van der Waals surface area contributed by atoms with Crippen LogP contribution >= 0.6 is 0 Å². The van der Waals surface area contributed by atoms with Crippen molar-refractivity contribution in [1.82, 2.24) is 15.8 Å². The third-order valence-electron chi connectivity index (χ3n) is 1.73. The van der Waals surface area contributed by atoms with Gasteiger partial charge in [-0.3, -0.25) is 4.79 Å². The minimum atomic E-state index is -0.0543. The Morgan fingerprint density at radius 2 is 2.27 bits per heavy atom. The van der Waals surface area contributed by atoms with Crippen molar-refractivity contribution in [3.05, 3.63) is 18.0 Å². The standard InChI is InChI=1S/C10H17N3O2/c1-10(2,3)12-7-9(14)11-6-8-4-5-13-15-8/h4-5,12H,6-7H2,1-3H3,(H,11,14). The lowest BCUT2D eigenvalue weighted by Crippen LogP contribution is -2.43. The molecule has 0 aliphatic rings. The van der Waals surface area contributed by atoms with Crippen molar-refractivity contribution in [2.45, 2.75) is 32.9 Å². The molecule has 0 aliphatic heterocycles. The predicted molar refractivity (Wildman–Crippen MR) is 56.1 cm³/mol. The van der Waals surface area contributed by atoms with Crippen LogP contribution in [0.15, 0.2) is 16.8 Å². The first-order valence-corrected chi connectivity index (χ1v) is 4.89. The third kappa shape index (κ3) is 5.17. The van der Waals surface area contributed by atoms with Gasteiger partial charge in [0.05, 0.1) is 19.3 Å². The fourth-order valence-corrected chi connectivity index (χ4v) is 0.927. The number of aromatic nitrogens is 1. The molecule has 0 saturated carbocycles. The third-order valence-corrected chi connectivity index (χ3v) is 1.73. The van der Waals surface area contributed by atoms with E-state index in [4.69, 9.17) is 4.52 Å². The quantitative estimate of drug-likeness (QED) is 0.768. The average molecular weight is 211 g/mol. The molecule has 15 heavy (non-hydrogen) atoms. The second kappa shape index (κ2) is 4.93. The molecule has 0 atom stereocenters. The molecule has 84 valence electrons. The lowest BCUT2D eigenvalue weighted by molar-refractivity contribution is -0.120. The first kappa shape index (κ1) is 11.7. The van der Waals surface area contributed by atoms with Crippen LogP contribution in [0, 0.1) is 0 Å². The maximum Gasteiger partial charge on any atom is 0.234 e. The molecule has 0 radical (unpaired) electrons. The zero-order valence-electron chi connectivity index (χ0n) is 9.33. The maximum absolute atomic E-state index is 11.3. The highest BCUT2D eigenvalue weighted by atomic mass is 16.5. The van der Waals surface area contributed by atoms with E-state index in [9.17, 15) is 4.79 Å². The Labute approximate surface area is 89.2 Å². The van der Waals surface area contributed by atoms with Crippen LogP contribution in [-0.4, -0.2) is 23.1 Å². The molecule has 1 amide bonds. The van der Waals surface area contributed by atoms with E-state index in [1.54, 1.807) is 12.3 Å². The number of rotatable bonds is 4. The van der Waals surface area contributed by atoms with Crippen molar-refractivity contribution in [2.24, 2.45) is 0 Å². The SMILES string of the molecule is CC(C)(C)NCC(=O)NCc1ccno1. The van der Waals surface area contributed by atoms with Gasteiger partial charge in [0.2, 0.25) is 5.91 Å². The van der Waals surface area contributed by atoms with Crippen LogP contribution in [0.4, 0.5) is 0 Å². The molecule has 1 aromatic rings. The Balaban J connectivity index is 2.20. The first-order chi connectivity index (χ1) is 6.97. The molecule has 0 spiro atoms. The summed E-state index contributed by atoms with van der Waals surface area (Å²) in [6, 6.07) is 1.72. The van der Waals surface area contributed by atoms with E-state index >= 15 is 0 Å². The average Bonchev–Trinajstić information content (AvgIpc) is 2.62. The van der Waals surface area contributed by atoms with Gasteiger partial charge in [-0.05, 0) is 20.8 Å². The summed E-state index contributed by atoms with van der Waals surface area (Å²) < 4.78 is 4.84. The summed E-state index contributed by atoms with van der Waals surface area (Å²) in [6.07, 6.45) is 1.55. The van der Waals surface area contributed by atoms with Crippen molar-refractivity contribution < 1.29 is 9.32 Å². The summed E-state index contributed by atoms with van der Waals surface area (Å²) in [5.74, 6) is 0.598. The van der Waals surface area contributed by atoms with Crippen LogP contribution in [0.25, 0.3) is 0 Å². The van der Waals surface area contributed by atoms with Gasteiger partial charge in [0, 0.05) is 11.6 Å². The van der Waals surface area contributed by atoms with E-state index in [0.29, 0.717) is 18.8 Å². The molecular formula is C10H17N3O2. The molecule has 5 heteroatoms. The summed E-state index contributed by atoms with van der Waals surface area (Å²) in [5, 5.41) is 9.36. The molecule has 0 fully saturated rings. The monoisotopic (exact) mass is 211 g/mol. The summed E-state index contributed by atoms with van der Waals surface area (Å²) >= 11 is 0. The Kier molecular flexibility index (Phi) is 3.85. The van der Waals surface area contributed by atoms with Crippen LogP contribution in [0.3, 0.4) is 0 Å². The molecule has 2 N–H and O–H groups in total. The van der Waals surface area contributed by atoms with Gasteiger partial charge in [0.1, 0.15) is 0 Å². The Morgan fingerprint density at radius 3 is 2.80 bits per heavy atom. The first-order valence-electron chi connectivity index (χ1n) is 4.89. The van der Waals surface area contributed by atoms with Crippen molar-refractivity contribution in [2.75, 3.05) is 6.54 Å². The van der Waals surface area contributed by atoms with Crippen LogP contribution in [0.1, 0.15) is 26.5 Å². The molecule has 0 aliphatic carbocycles. The summed E-state index contributed by atoms with van der Waals surface area (Å²) in [6.45, 7) is 6.71. The highest BCUT2D eigenvalue weighted by Crippen LogP contribution is 1.97. The van der Waals surface area contributed by atoms with Crippen molar-refractivity contribution in [3.8, 4) is 0 Å². The zero-order valence-corrected chi connectivity index (χ0v) is 9.33. The van der Waals surface area contributed by atoms with Gasteiger partial charge in [-0.15, -0.1) is 0 Å². The molecule has 0 unspecified atom stereocenters. The Morgan fingerprint density at radius 1 is 1.53 bits per heavy atom. The fraction of sp³-hybridized carbons (Fsp3) is 0.600. The molecular weight excluding hydrogens is 194 g/mol. The highest BCUT2D eigenvalue weighted by Gasteiger charge is 2.11. The Bertz CT molecular complexity index is 301. The van der Waals surface area contributed by atoms with Crippen molar-refractivity contribution in [3.63, 3.8) is 0 Å². The molecule has 1 heterocycles. The number of carbonyl (C=O) groups is 1. The van der Waals surface area contributed by atoms with E-state index in [1.807, 2.05) is 20.8 Å². The number of nitrogens with zero attached hydrogens (tertiary/aromatic N) is 1. The van der Waals surface area contributed by atoms with Gasteiger partial charge in [0.15, 0.2) is 5.76 Å². The van der Waals surface area contributed by atoms with E-state index < -0.39 is 0 Å². The van der Waals surface area contributed by atoms with E-state index in [-0.39, 0.29) is 11.4 Å². The van der Waals surface area contributed by atoms with Gasteiger partial charge in [-0.25, -0.2) is 0 Å². The molecule has 1 rings (SSSR count). The van der Waals surface area contributed by atoms with Crippen LogP contribution < -0.4 is 10.6 Å². The second-order valence-corrected chi connectivity index (χ2v) is 4.36. The highest BCUT2D eigenvalue weighted by molar-refractivity contribution is 5.77. The van der Waals surface area contributed by atoms with Crippen LogP contribution in [0.5, 0.6) is 0 Å². The second-order valence-electron chi connectivity index (χ2n) is 4.36. The van der Waals surface area contributed by atoms with Gasteiger partial charge in [-0.2, -0.15) is 0 Å². The minimum Gasteiger partial charge on any atom is -0.360 e. The number of hydrogen-bond donors (Lipinski definition) is 2. The number of carbonyl (C=O) groups excluding carboxylic acids is 1. The lowest BCUT2D eigenvalue weighted by Gasteiger charge is -2.19. The van der Waals surface area contributed by atoms with Gasteiger partial charge in [0.25, 0.3) is 0 Å². The van der Waals surface area contributed by atoms with E-state index in [1.165, 1.54) is 0 Å². The topological polar surface area (TPSA) is 67.2 Å². The molecule has 0 aromatic carbocycles. The molecule has 0 bridgehead atoms. The largest absolute Gasteiger partial charge is 0.360 e. The van der Waals surface area contributed by atoms with E-state index in [0.717, 1.165) is 0 Å². The lowest BCUT2D eigenvalue weighted by atomic mass is 10.1. The van der Waals surface area contributed by atoms with Crippen molar-refractivity contribution in [1.29, 1.82) is 0 Å². The molecule has 0 saturated heterocycles. The normalized spacial score (nSPS) is 11.4. The Hall–Kier alpha value is -1.36. The van der Waals surface area contributed by atoms with Crippen LogP contribution in [0.2, 0.25) is 0 Å². The fourth-order valence-electron chi connectivity index (χ4n) is 0.927. The minimum absolute atomic E-state index is 0.0520. The number of amides is 1. The molecule has 5 nitrogen and oxygen atoms in total. The smallest absolute Gasteiger partial charge is 0.234 e. The maximum atomic E-state index is 11.3. The predicted octanol–water partition coefficient (Wildman–Crippen LogP) is 0.679.